The number of fused-ring (bicyclic) bond motifs is 1. The van der Waals surface area contributed by atoms with Crippen molar-refractivity contribution in [3.8, 4) is 23.0 Å². The van der Waals surface area contributed by atoms with Crippen LogP contribution in [0.2, 0.25) is 0 Å². The van der Waals surface area contributed by atoms with Crippen molar-refractivity contribution in [2.75, 3.05) is 53.4 Å². The van der Waals surface area contributed by atoms with Gasteiger partial charge in [0.2, 0.25) is 6.79 Å². The first kappa shape index (κ1) is 24.5. The lowest BCUT2D eigenvalue weighted by Crippen LogP contribution is -2.38. The van der Waals surface area contributed by atoms with Crippen molar-refractivity contribution in [3.63, 3.8) is 0 Å². The van der Waals surface area contributed by atoms with E-state index < -0.39 is 0 Å². The zero-order valence-corrected chi connectivity index (χ0v) is 19.7. The number of hydrogen-bond acceptors (Lipinski definition) is 8. The van der Waals surface area contributed by atoms with Crippen LogP contribution in [0.5, 0.6) is 23.0 Å². The summed E-state index contributed by atoms with van der Waals surface area (Å²) in [6, 6.07) is 10.9. The Morgan fingerprint density at radius 1 is 0.971 bits per heavy atom. The molecule has 2 heterocycles. The Labute approximate surface area is 204 Å². The Morgan fingerprint density at radius 3 is 2.54 bits per heavy atom. The standard InChI is InChI=1S/C27H29NO7/c1-31-26-18-24(33-15-12-28-10-13-32-14-11-28)8-5-21(26)4-7-23(30)17-22(29)6-2-20-3-9-25-27(16-20)35-19-34-25/h2-9,16,18H,10-15,17,19H2,1H3/b6-2+,7-4+. The van der Waals surface area contributed by atoms with Gasteiger partial charge in [-0.05, 0) is 48.1 Å². The number of ketones is 2. The quantitative estimate of drug-likeness (QED) is 0.358. The van der Waals surface area contributed by atoms with Gasteiger partial charge in [-0.15, -0.1) is 0 Å². The van der Waals surface area contributed by atoms with E-state index >= 15 is 0 Å². The number of ether oxygens (including phenoxy) is 5. The second-order valence-electron chi connectivity index (χ2n) is 8.09. The van der Waals surface area contributed by atoms with E-state index in [9.17, 15) is 9.59 Å². The summed E-state index contributed by atoms with van der Waals surface area (Å²) in [6.45, 7) is 4.95. The number of benzene rings is 2. The molecule has 0 N–H and O–H groups in total. The highest BCUT2D eigenvalue weighted by molar-refractivity contribution is 6.11. The van der Waals surface area contributed by atoms with Crippen LogP contribution >= 0.6 is 0 Å². The van der Waals surface area contributed by atoms with Gasteiger partial charge < -0.3 is 23.7 Å². The maximum absolute atomic E-state index is 12.3. The number of methoxy groups -OCH3 is 1. The van der Waals surface area contributed by atoms with E-state index in [0.717, 1.165) is 44.0 Å². The Kier molecular flexibility index (Phi) is 8.53. The molecule has 4 rings (SSSR count). The maximum Gasteiger partial charge on any atom is 0.231 e. The molecule has 0 spiro atoms. The van der Waals surface area contributed by atoms with Crippen molar-refractivity contribution >= 4 is 23.7 Å². The number of carbonyl (C=O) groups excluding carboxylic acids is 2. The predicted octanol–water partition coefficient (Wildman–Crippen LogP) is 3.39. The van der Waals surface area contributed by atoms with Crippen LogP contribution in [0, 0.1) is 0 Å². The van der Waals surface area contributed by atoms with Crippen molar-refractivity contribution in [2.45, 2.75) is 6.42 Å². The summed E-state index contributed by atoms with van der Waals surface area (Å²) in [7, 11) is 1.57. The molecule has 2 aliphatic heterocycles. The average Bonchev–Trinajstić information content (AvgIpc) is 3.35. The van der Waals surface area contributed by atoms with Crippen LogP contribution in [0.25, 0.3) is 12.2 Å². The van der Waals surface area contributed by atoms with Gasteiger partial charge in [-0.3, -0.25) is 14.5 Å². The molecule has 0 bridgehead atoms. The van der Waals surface area contributed by atoms with Gasteiger partial charge in [0.15, 0.2) is 23.1 Å². The molecule has 0 aliphatic carbocycles. The second kappa shape index (κ2) is 12.2. The number of rotatable bonds is 11. The molecule has 0 saturated carbocycles. The Bertz CT molecular complexity index is 1100. The van der Waals surface area contributed by atoms with Crippen LogP contribution in [0.4, 0.5) is 0 Å². The van der Waals surface area contributed by atoms with Crippen LogP contribution < -0.4 is 18.9 Å². The molecule has 0 unspecified atom stereocenters. The first-order valence-corrected chi connectivity index (χ1v) is 11.5. The molecule has 0 radical (unpaired) electrons. The van der Waals surface area contributed by atoms with E-state index in [4.69, 9.17) is 23.7 Å². The van der Waals surface area contributed by atoms with Crippen molar-refractivity contribution in [1.82, 2.24) is 4.90 Å². The van der Waals surface area contributed by atoms with E-state index in [1.165, 1.54) is 12.2 Å². The molecular weight excluding hydrogens is 450 g/mol. The third kappa shape index (κ3) is 7.18. The molecule has 1 saturated heterocycles. The summed E-state index contributed by atoms with van der Waals surface area (Å²) in [5, 5.41) is 0. The van der Waals surface area contributed by atoms with Gasteiger partial charge in [-0.25, -0.2) is 0 Å². The molecule has 0 aromatic heterocycles. The zero-order chi connectivity index (χ0) is 24.5. The van der Waals surface area contributed by atoms with Gasteiger partial charge in [-0.1, -0.05) is 12.1 Å². The minimum atomic E-state index is -0.293. The largest absolute Gasteiger partial charge is 0.496 e. The van der Waals surface area contributed by atoms with E-state index in [2.05, 4.69) is 4.90 Å². The summed E-state index contributed by atoms with van der Waals surface area (Å²) in [5.74, 6) is 2.03. The molecular formula is C27H29NO7. The Hall–Kier alpha value is -3.62. The minimum Gasteiger partial charge on any atom is -0.496 e. The van der Waals surface area contributed by atoms with Crippen LogP contribution in [-0.4, -0.2) is 69.8 Å². The number of morpholine rings is 1. The number of allylic oxidation sites excluding steroid dienone is 2. The van der Waals surface area contributed by atoms with Gasteiger partial charge in [0, 0.05) is 31.3 Å². The van der Waals surface area contributed by atoms with Crippen molar-refractivity contribution in [3.05, 3.63) is 59.7 Å². The fourth-order valence-electron chi connectivity index (χ4n) is 3.71. The molecule has 8 nitrogen and oxygen atoms in total. The van der Waals surface area contributed by atoms with Crippen LogP contribution in [0.3, 0.4) is 0 Å². The molecule has 2 aromatic carbocycles. The maximum atomic E-state index is 12.3. The summed E-state index contributed by atoms with van der Waals surface area (Å²) in [5.41, 5.74) is 1.52. The smallest absolute Gasteiger partial charge is 0.231 e. The molecule has 0 atom stereocenters. The highest BCUT2D eigenvalue weighted by atomic mass is 16.7. The SMILES string of the molecule is COc1cc(OCCN2CCOCC2)ccc1/C=C/C(=O)CC(=O)/C=C/c1ccc2c(c1)OCO2. The molecule has 2 aliphatic rings. The topological polar surface area (TPSA) is 83.5 Å². The third-order valence-electron chi connectivity index (χ3n) is 5.64. The molecule has 0 amide bonds. The summed E-state index contributed by atoms with van der Waals surface area (Å²) in [6.07, 6.45) is 5.87. The minimum absolute atomic E-state index is 0.192. The van der Waals surface area contributed by atoms with Crippen molar-refractivity contribution in [1.29, 1.82) is 0 Å². The van der Waals surface area contributed by atoms with Crippen molar-refractivity contribution < 1.29 is 33.3 Å². The molecule has 35 heavy (non-hydrogen) atoms. The fraction of sp³-hybridized carbons (Fsp3) is 0.333. The van der Waals surface area contributed by atoms with E-state index in [-0.39, 0.29) is 24.8 Å². The lowest BCUT2D eigenvalue weighted by Gasteiger charge is -2.26. The number of nitrogens with zero attached hydrogens (tertiary/aromatic N) is 1. The summed E-state index contributed by atoms with van der Waals surface area (Å²) in [4.78, 5) is 26.8. The number of hydrogen-bond donors (Lipinski definition) is 0. The van der Waals surface area contributed by atoms with Gasteiger partial charge in [0.05, 0.1) is 26.7 Å². The molecule has 184 valence electrons. The van der Waals surface area contributed by atoms with Gasteiger partial charge >= 0.3 is 0 Å². The van der Waals surface area contributed by atoms with Crippen LogP contribution in [-0.2, 0) is 14.3 Å². The van der Waals surface area contributed by atoms with Crippen LogP contribution in [0.1, 0.15) is 17.5 Å². The summed E-state index contributed by atoms with van der Waals surface area (Å²) < 4.78 is 27.3. The Morgan fingerprint density at radius 2 is 1.74 bits per heavy atom. The monoisotopic (exact) mass is 479 g/mol. The number of carbonyl (C=O) groups is 2. The predicted molar refractivity (Wildman–Crippen MR) is 131 cm³/mol. The van der Waals surface area contributed by atoms with Gasteiger partial charge in [-0.2, -0.15) is 0 Å². The molecule has 8 heteroatoms. The average molecular weight is 480 g/mol. The van der Waals surface area contributed by atoms with Crippen LogP contribution in [0.15, 0.2) is 48.6 Å². The normalized spacial score (nSPS) is 15.6. The second-order valence-corrected chi connectivity index (χ2v) is 8.09. The highest BCUT2D eigenvalue weighted by Crippen LogP contribution is 2.32. The first-order valence-electron chi connectivity index (χ1n) is 11.5. The molecule has 2 aromatic rings. The van der Waals surface area contributed by atoms with E-state index in [1.54, 1.807) is 37.5 Å². The zero-order valence-electron chi connectivity index (χ0n) is 19.7. The molecule has 1 fully saturated rings. The van der Waals surface area contributed by atoms with Gasteiger partial charge in [0.1, 0.15) is 18.1 Å². The summed E-state index contributed by atoms with van der Waals surface area (Å²) >= 11 is 0. The fourth-order valence-corrected chi connectivity index (χ4v) is 3.71. The van der Waals surface area contributed by atoms with Crippen molar-refractivity contribution in [2.24, 2.45) is 0 Å². The van der Waals surface area contributed by atoms with E-state index in [0.29, 0.717) is 29.6 Å². The lowest BCUT2D eigenvalue weighted by molar-refractivity contribution is -0.121. The Balaban J connectivity index is 1.26. The third-order valence-corrected chi connectivity index (χ3v) is 5.64. The van der Waals surface area contributed by atoms with E-state index in [1.807, 2.05) is 18.2 Å². The highest BCUT2D eigenvalue weighted by Gasteiger charge is 2.13. The lowest BCUT2D eigenvalue weighted by atomic mass is 10.1. The first-order chi connectivity index (χ1) is 17.1. The van der Waals surface area contributed by atoms with Gasteiger partial charge in [0.25, 0.3) is 0 Å².